The van der Waals surface area contributed by atoms with Crippen molar-refractivity contribution < 1.29 is 4.79 Å². The van der Waals surface area contributed by atoms with Crippen molar-refractivity contribution in [3.05, 3.63) is 12.7 Å². The minimum absolute atomic E-state index is 0.317. The summed E-state index contributed by atoms with van der Waals surface area (Å²) < 4.78 is 0. The Kier molecular flexibility index (Phi) is 4.88. The first-order valence-corrected chi connectivity index (χ1v) is 5.61. The molecule has 80 valence electrons. The number of rotatable bonds is 5. The minimum atomic E-state index is 0.317. The van der Waals surface area contributed by atoms with Crippen molar-refractivity contribution in [2.75, 3.05) is 6.54 Å². The van der Waals surface area contributed by atoms with Crippen molar-refractivity contribution in [1.82, 2.24) is 0 Å². The van der Waals surface area contributed by atoms with E-state index in [1.54, 1.807) is 0 Å². The lowest BCUT2D eigenvalue weighted by molar-refractivity contribution is -0.123. The fourth-order valence-electron chi connectivity index (χ4n) is 2.17. The summed E-state index contributed by atoms with van der Waals surface area (Å²) in [6.07, 6.45) is 7.72. The molecule has 0 atom stereocenters. The highest BCUT2D eigenvalue weighted by molar-refractivity contribution is 5.81. The van der Waals surface area contributed by atoms with E-state index in [9.17, 15) is 4.79 Å². The molecule has 0 heterocycles. The third-order valence-electron chi connectivity index (χ3n) is 3.23. The van der Waals surface area contributed by atoms with Crippen LogP contribution < -0.4 is 5.73 Å². The maximum absolute atomic E-state index is 11.7. The van der Waals surface area contributed by atoms with Crippen LogP contribution in [0.4, 0.5) is 0 Å². The summed E-state index contributed by atoms with van der Waals surface area (Å²) in [6.45, 7) is 4.42. The van der Waals surface area contributed by atoms with Crippen LogP contribution in [0.1, 0.15) is 38.5 Å². The number of nitrogens with two attached hydrogens (primary N) is 1. The van der Waals surface area contributed by atoms with Crippen molar-refractivity contribution in [1.29, 1.82) is 0 Å². The van der Waals surface area contributed by atoms with Crippen LogP contribution >= 0.6 is 0 Å². The number of Topliss-reactive ketones (excluding diaryl/α,β-unsaturated/α-hetero) is 1. The predicted octanol–water partition coefficient (Wildman–Crippen LogP) is 2.29. The SMILES string of the molecule is C=CCCC(=O)C1CCC(CN)CC1. The van der Waals surface area contributed by atoms with E-state index in [0.717, 1.165) is 38.6 Å². The maximum atomic E-state index is 11.7. The Bertz CT molecular complexity index is 192. The average molecular weight is 195 g/mol. The molecule has 1 aliphatic carbocycles. The van der Waals surface area contributed by atoms with Gasteiger partial charge >= 0.3 is 0 Å². The second kappa shape index (κ2) is 5.97. The van der Waals surface area contributed by atoms with Gasteiger partial charge in [0.15, 0.2) is 0 Å². The summed E-state index contributed by atoms with van der Waals surface area (Å²) in [5, 5.41) is 0. The standard InChI is InChI=1S/C12H21NO/c1-2-3-4-12(14)11-7-5-10(9-13)6-8-11/h2,10-11H,1,3-9,13H2. The molecular weight excluding hydrogens is 174 g/mol. The van der Waals surface area contributed by atoms with Crippen LogP contribution in [0.5, 0.6) is 0 Å². The first-order chi connectivity index (χ1) is 6.77. The highest BCUT2D eigenvalue weighted by Gasteiger charge is 2.24. The molecule has 0 bridgehead atoms. The molecule has 1 saturated carbocycles. The Labute approximate surface area is 86.6 Å². The van der Waals surface area contributed by atoms with Crippen LogP contribution in [-0.2, 0) is 4.79 Å². The summed E-state index contributed by atoms with van der Waals surface area (Å²) >= 11 is 0. The van der Waals surface area contributed by atoms with E-state index in [4.69, 9.17) is 5.73 Å². The van der Waals surface area contributed by atoms with Gasteiger partial charge in [-0.25, -0.2) is 0 Å². The van der Waals surface area contributed by atoms with E-state index in [-0.39, 0.29) is 0 Å². The van der Waals surface area contributed by atoms with Gasteiger partial charge in [-0.3, -0.25) is 4.79 Å². The Balaban J connectivity index is 2.26. The zero-order chi connectivity index (χ0) is 10.4. The molecule has 0 unspecified atom stereocenters. The van der Waals surface area contributed by atoms with Crippen LogP contribution in [0.25, 0.3) is 0 Å². The largest absolute Gasteiger partial charge is 0.330 e. The predicted molar refractivity (Wildman–Crippen MR) is 58.9 cm³/mol. The number of carbonyl (C=O) groups excluding carboxylic acids is 1. The zero-order valence-corrected chi connectivity index (χ0v) is 8.87. The van der Waals surface area contributed by atoms with Gasteiger partial charge < -0.3 is 5.73 Å². The summed E-state index contributed by atoms with van der Waals surface area (Å²) in [7, 11) is 0. The zero-order valence-electron chi connectivity index (χ0n) is 8.87. The topological polar surface area (TPSA) is 43.1 Å². The van der Waals surface area contributed by atoms with Crippen LogP contribution in [0.15, 0.2) is 12.7 Å². The second-order valence-electron chi connectivity index (χ2n) is 4.25. The van der Waals surface area contributed by atoms with Crippen molar-refractivity contribution in [3.63, 3.8) is 0 Å². The summed E-state index contributed by atoms with van der Waals surface area (Å²) in [6, 6.07) is 0. The monoisotopic (exact) mass is 195 g/mol. The van der Waals surface area contributed by atoms with Crippen molar-refractivity contribution >= 4 is 5.78 Å². The van der Waals surface area contributed by atoms with E-state index >= 15 is 0 Å². The van der Waals surface area contributed by atoms with Gasteiger partial charge in [0.2, 0.25) is 0 Å². The molecule has 0 saturated heterocycles. The van der Waals surface area contributed by atoms with Gasteiger partial charge in [0.25, 0.3) is 0 Å². The third-order valence-corrected chi connectivity index (χ3v) is 3.23. The molecule has 0 amide bonds. The molecule has 2 heteroatoms. The lowest BCUT2D eigenvalue weighted by Crippen LogP contribution is -2.25. The van der Waals surface area contributed by atoms with Gasteiger partial charge in [-0.1, -0.05) is 6.08 Å². The fraction of sp³-hybridized carbons (Fsp3) is 0.750. The van der Waals surface area contributed by atoms with Crippen molar-refractivity contribution in [2.45, 2.75) is 38.5 Å². The number of allylic oxidation sites excluding steroid dienone is 1. The Morgan fingerprint density at radius 2 is 2.00 bits per heavy atom. The van der Waals surface area contributed by atoms with E-state index in [0.29, 0.717) is 24.0 Å². The molecule has 0 aliphatic heterocycles. The smallest absolute Gasteiger partial charge is 0.136 e. The number of carbonyl (C=O) groups is 1. The molecule has 0 radical (unpaired) electrons. The van der Waals surface area contributed by atoms with Gasteiger partial charge in [-0.2, -0.15) is 0 Å². The van der Waals surface area contributed by atoms with Gasteiger partial charge in [0, 0.05) is 12.3 Å². The lowest BCUT2D eigenvalue weighted by atomic mass is 9.79. The Hall–Kier alpha value is -0.630. The molecule has 0 aromatic heterocycles. The number of hydrogen-bond acceptors (Lipinski definition) is 2. The second-order valence-corrected chi connectivity index (χ2v) is 4.25. The van der Waals surface area contributed by atoms with Crippen molar-refractivity contribution in [3.8, 4) is 0 Å². The lowest BCUT2D eigenvalue weighted by Gasteiger charge is -2.26. The molecule has 1 rings (SSSR count). The van der Waals surface area contributed by atoms with Gasteiger partial charge in [-0.15, -0.1) is 6.58 Å². The quantitative estimate of drug-likeness (QED) is 0.684. The first kappa shape index (κ1) is 11.4. The van der Waals surface area contributed by atoms with Crippen LogP contribution in [0.2, 0.25) is 0 Å². The highest BCUT2D eigenvalue weighted by atomic mass is 16.1. The van der Waals surface area contributed by atoms with Crippen LogP contribution in [0, 0.1) is 11.8 Å². The third kappa shape index (κ3) is 3.26. The number of ketones is 1. The molecule has 0 aromatic carbocycles. The van der Waals surface area contributed by atoms with E-state index in [1.165, 1.54) is 0 Å². The highest BCUT2D eigenvalue weighted by Crippen LogP contribution is 2.29. The van der Waals surface area contributed by atoms with E-state index in [1.807, 2.05) is 6.08 Å². The van der Waals surface area contributed by atoms with Gasteiger partial charge in [0.05, 0.1) is 0 Å². The molecule has 1 fully saturated rings. The van der Waals surface area contributed by atoms with Gasteiger partial charge in [-0.05, 0) is 44.6 Å². The molecule has 1 aliphatic rings. The molecule has 2 nitrogen and oxygen atoms in total. The van der Waals surface area contributed by atoms with E-state index < -0.39 is 0 Å². The Morgan fingerprint density at radius 1 is 1.36 bits per heavy atom. The summed E-state index contributed by atoms with van der Waals surface area (Å²) in [4.78, 5) is 11.7. The fourth-order valence-corrected chi connectivity index (χ4v) is 2.17. The maximum Gasteiger partial charge on any atom is 0.136 e. The van der Waals surface area contributed by atoms with Crippen LogP contribution in [-0.4, -0.2) is 12.3 Å². The van der Waals surface area contributed by atoms with Gasteiger partial charge in [0.1, 0.15) is 5.78 Å². The normalized spacial score (nSPS) is 27.2. The summed E-state index contributed by atoms with van der Waals surface area (Å²) in [5.74, 6) is 1.41. The first-order valence-electron chi connectivity index (χ1n) is 5.61. The molecular formula is C12H21NO. The number of hydrogen-bond donors (Lipinski definition) is 1. The minimum Gasteiger partial charge on any atom is -0.330 e. The Morgan fingerprint density at radius 3 is 2.50 bits per heavy atom. The van der Waals surface area contributed by atoms with Crippen molar-refractivity contribution in [2.24, 2.45) is 17.6 Å². The molecule has 2 N–H and O–H groups in total. The molecule has 0 aromatic rings. The molecule has 14 heavy (non-hydrogen) atoms. The molecule has 0 spiro atoms. The summed E-state index contributed by atoms with van der Waals surface area (Å²) in [5.41, 5.74) is 5.61. The van der Waals surface area contributed by atoms with Crippen LogP contribution in [0.3, 0.4) is 0 Å². The average Bonchev–Trinajstić information content (AvgIpc) is 2.26. The van der Waals surface area contributed by atoms with E-state index in [2.05, 4.69) is 6.58 Å².